The molecule has 0 radical (unpaired) electrons. The van der Waals surface area contributed by atoms with Gasteiger partial charge in [-0.3, -0.25) is 9.59 Å². The van der Waals surface area contributed by atoms with Crippen LogP contribution in [0.25, 0.3) is 0 Å². The second-order valence-corrected chi connectivity index (χ2v) is 8.71. The summed E-state index contributed by atoms with van der Waals surface area (Å²) in [7, 11) is 0. The first-order chi connectivity index (χ1) is 16.4. The number of hydrogen-bond donors (Lipinski definition) is 1. The molecule has 0 spiro atoms. The number of carbonyl (C=O) groups excluding carboxylic acids is 2. The van der Waals surface area contributed by atoms with Gasteiger partial charge in [0.2, 0.25) is 0 Å². The summed E-state index contributed by atoms with van der Waals surface area (Å²) in [5.74, 6) is 1.04. The van der Waals surface area contributed by atoms with E-state index in [-0.39, 0.29) is 24.0 Å². The van der Waals surface area contributed by atoms with Crippen LogP contribution in [0.15, 0.2) is 42.5 Å². The molecule has 1 aliphatic rings. The van der Waals surface area contributed by atoms with E-state index in [1.807, 2.05) is 56.9 Å². The van der Waals surface area contributed by atoms with Gasteiger partial charge in [0.15, 0.2) is 11.5 Å². The summed E-state index contributed by atoms with van der Waals surface area (Å²) in [5, 5.41) is 2.94. The first-order valence-electron chi connectivity index (χ1n) is 12.1. The minimum atomic E-state index is -0.195. The van der Waals surface area contributed by atoms with Gasteiger partial charge in [-0.25, -0.2) is 0 Å². The van der Waals surface area contributed by atoms with Crippen LogP contribution < -0.4 is 14.8 Å². The number of ether oxygens (including phenoxy) is 3. The monoisotopic (exact) mass is 468 g/mol. The molecule has 2 aromatic carbocycles. The zero-order valence-electron chi connectivity index (χ0n) is 20.6. The molecule has 1 fully saturated rings. The van der Waals surface area contributed by atoms with Crippen molar-refractivity contribution in [1.29, 1.82) is 0 Å². The molecule has 1 saturated heterocycles. The molecule has 2 amide bonds. The molecule has 3 rings (SSSR count). The van der Waals surface area contributed by atoms with Gasteiger partial charge in [-0.1, -0.05) is 26.0 Å². The van der Waals surface area contributed by atoms with Crippen molar-refractivity contribution in [2.24, 2.45) is 0 Å². The summed E-state index contributed by atoms with van der Waals surface area (Å²) in [6, 6.07) is 12.6. The van der Waals surface area contributed by atoms with Gasteiger partial charge in [-0.15, -0.1) is 0 Å². The van der Waals surface area contributed by atoms with Crippen LogP contribution in [0.2, 0.25) is 0 Å². The van der Waals surface area contributed by atoms with Crippen molar-refractivity contribution in [3.05, 3.63) is 59.2 Å². The fourth-order valence-corrected chi connectivity index (χ4v) is 3.88. The van der Waals surface area contributed by atoms with E-state index in [9.17, 15) is 9.59 Å². The normalized spacial score (nSPS) is 17.8. The number of nitrogens with zero attached hydrogens (tertiary/aromatic N) is 1. The third-order valence-corrected chi connectivity index (χ3v) is 5.49. The average Bonchev–Trinajstić information content (AvgIpc) is 2.84. The predicted molar refractivity (Wildman–Crippen MR) is 132 cm³/mol. The molecule has 0 saturated carbocycles. The lowest BCUT2D eigenvalue weighted by Gasteiger charge is -2.35. The number of carbonyl (C=O) groups is 2. The van der Waals surface area contributed by atoms with E-state index in [1.165, 1.54) is 0 Å². The Bertz CT molecular complexity index is 950. The smallest absolute Gasteiger partial charge is 0.254 e. The molecule has 1 aliphatic heterocycles. The number of nitrogens with one attached hydrogen (secondary N) is 1. The van der Waals surface area contributed by atoms with E-state index >= 15 is 0 Å². The highest BCUT2D eigenvalue weighted by atomic mass is 16.5. The van der Waals surface area contributed by atoms with Crippen LogP contribution in [0.5, 0.6) is 11.5 Å². The third-order valence-electron chi connectivity index (χ3n) is 5.49. The fraction of sp³-hybridized carbons (Fsp3) is 0.481. The van der Waals surface area contributed by atoms with Crippen LogP contribution in [-0.4, -0.2) is 55.2 Å². The molecule has 2 aromatic rings. The van der Waals surface area contributed by atoms with Crippen LogP contribution in [0.3, 0.4) is 0 Å². The molecular formula is C27H36N2O5. The maximum Gasteiger partial charge on any atom is 0.254 e. The quantitative estimate of drug-likeness (QED) is 0.558. The predicted octanol–water partition coefficient (Wildman–Crippen LogP) is 4.44. The highest BCUT2D eigenvalue weighted by Crippen LogP contribution is 2.29. The number of rotatable bonds is 10. The van der Waals surface area contributed by atoms with Gasteiger partial charge in [0.05, 0.1) is 25.4 Å². The Morgan fingerprint density at radius 2 is 1.50 bits per heavy atom. The highest BCUT2D eigenvalue weighted by Gasteiger charge is 2.26. The first kappa shape index (κ1) is 25.6. The summed E-state index contributed by atoms with van der Waals surface area (Å²) in [6.45, 7) is 10.7. The zero-order chi connectivity index (χ0) is 24.5. The molecule has 2 unspecified atom stereocenters. The summed E-state index contributed by atoms with van der Waals surface area (Å²) < 4.78 is 17.2. The molecule has 34 heavy (non-hydrogen) atoms. The Labute approximate surface area is 202 Å². The second kappa shape index (κ2) is 12.4. The summed E-state index contributed by atoms with van der Waals surface area (Å²) in [6.07, 6.45) is 1.82. The Morgan fingerprint density at radius 3 is 2.12 bits per heavy atom. The van der Waals surface area contributed by atoms with E-state index < -0.39 is 0 Å². The highest BCUT2D eigenvalue weighted by molar-refractivity contribution is 5.95. The van der Waals surface area contributed by atoms with Crippen molar-refractivity contribution >= 4 is 11.8 Å². The molecule has 1 N–H and O–H groups in total. The lowest BCUT2D eigenvalue weighted by molar-refractivity contribution is -0.0586. The number of morpholine rings is 1. The summed E-state index contributed by atoms with van der Waals surface area (Å²) in [4.78, 5) is 27.4. The maximum atomic E-state index is 12.8. The second-order valence-electron chi connectivity index (χ2n) is 8.71. The van der Waals surface area contributed by atoms with Gasteiger partial charge in [-0.05, 0) is 62.6 Å². The van der Waals surface area contributed by atoms with Crippen molar-refractivity contribution < 1.29 is 23.8 Å². The molecule has 7 nitrogen and oxygen atoms in total. The van der Waals surface area contributed by atoms with Crippen molar-refractivity contribution in [2.75, 3.05) is 26.3 Å². The molecule has 1 heterocycles. The standard InChI is InChI=1S/C27H36N2O5/c1-5-13-32-24-12-11-23(15-25(24)33-14-6-2)26(30)28-16-21-7-9-22(10-8-21)27(31)29-17-19(3)34-20(4)18-29/h7-12,15,19-20H,5-6,13-14,16-18H2,1-4H3,(H,28,30). The largest absolute Gasteiger partial charge is 0.490 e. The molecular weight excluding hydrogens is 432 g/mol. The summed E-state index contributed by atoms with van der Waals surface area (Å²) in [5.41, 5.74) is 2.06. The molecule has 0 aromatic heterocycles. The van der Waals surface area contributed by atoms with Gasteiger partial charge in [-0.2, -0.15) is 0 Å². The molecule has 0 aliphatic carbocycles. The third kappa shape index (κ3) is 6.97. The van der Waals surface area contributed by atoms with E-state index in [2.05, 4.69) is 5.32 Å². The Morgan fingerprint density at radius 1 is 0.912 bits per heavy atom. The van der Waals surface area contributed by atoms with Crippen LogP contribution in [-0.2, 0) is 11.3 Å². The number of benzene rings is 2. The van der Waals surface area contributed by atoms with Crippen LogP contribution in [0.1, 0.15) is 66.8 Å². The van der Waals surface area contributed by atoms with Crippen molar-refractivity contribution in [1.82, 2.24) is 10.2 Å². The maximum absolute atomic E-state index is 12.8. The van der Waals surface area contributed by atoms with Gasteiger partial charge >= 0.3 is 0 Å². The zero-order valence-corrected chi connectivity index (χ0v) is 20.6. The Kier molecular flexibility index (Phi) is 9.33. The van der Waals surface area contributed by atoms with E-state index in [0.717, 1.165) is 18.4 Å². The SMILES string of the molecule is CCCOc1ccc(C(=O)NCc2ccc(C(=O)N3CC(C)OC(C)C3)cc2)cc1OCCC. The molecule has 2 atom stereocenters. The van der Waals surface area contributed by atoms with Crippen LogP contribution in [0.4, 0.5) is 0 Å². The minimum Gasteiger partial charge on any atom is -0.490 e. The summed E-state index contributed by atoms with van der Waals surface area (Å²) >= 11 is 0. The average molecular weight is 469 g/mol. The molecule has 184 valence electrons. The lowest BCUT2D eigenvalue weighted by Crippen LogP contribution is -2.48. The van der Waals surface area contributed by atoms with E-state index in [4.69, 9.17) is 14.2 Å². The lowest BCUT2D eigenvalue weighted by atomic mass is 10.1. The first-order valence-corrected chi connectivity index (χ1v) is 12.1. The van der Waals surface area contributed by atoms with E-state index in [1.54, 1.807) is 18.2 Å². The van der Waals surface area contributed by atoms with Crippen molar-refractivity contribution in [2.45, 2.75) is 59.3 Å². The molecule has 7 heteroatoms. The van der Waals surface area contributed by atoms with Crippen LogP contribution in [0, 0.1) is 0 Å². The number of hydrogen-bond acceptors (Lipinski definition) is 5. The van der Waals surface area contributed by atoms with Crippen molar-refractivity contribution in [3.63, 3.8) is 0 Å². The van der Waals surface area contributed by atoms with E-state index in [0.29, 0.717) is 55.5 Å². The Balaban J connectivity index is 1.59. The molecule has 0 bridgehead atoms. The van der Waals surface area contributed by atoms with Gasteiger partial charge in [0, 0.05) is 30.8 Å². The fourth-order valence-electron chi connectivity index (χ4n) is 3.88. The number of amides is 2. The minimum absolute atomic E-state index is 0.00239. The van der Waals surface area contributed by atoms with Crippen molar-refractivity contribution in [3.8, 4) is 11.5 Å². The van der Waals surface area contributed by atoms with Gasteiger partial charge < -0.3 is 24.4 Å². The van der Waals surface area contributed by atoms with Gasteiger partial charge in [0.1, 0.15) is 0 Å². The topological polar surface area (TPSA) is 77.1 Å². The van der Waals surface area contributed by atoms with Gasteiger partial charge in [0.25, 0.3) is 11.8 Å². The Hall–Kier alpha value is -3.06. The van der Waals surface area contributed by atoms with Crippen LogP contribution >= 0.6 is 0 Å².